The summed E-state index contributed by atoms with van der Waals surface area (Å²) in [5.41, 5.74) is 4.73. The predicted molar refractivity (Wildman–Crippen MR) is 162 cm³/mol. The lowest BCUT2D eigenvalue weighted by Gasteiger charge is -2.38. The minimum atomic E-state index is -1.11. The lowest BCUT2D eigenvalue weighted by molar-refractivity contribution is -0.154. The highest BCUT2D eigenvalue weighted by Gasteiger charge is 2.70. The molecule has 44 heavy (non-hydrogen) atoms. The zero-order valence-electron chi connectivity index (χ0n) is 26.9. The number of ether oxygens (including phenoxy) is 1. The number of fused-ring (bicyclic) bond motifs is 1. The van der Waals surface area contributed by atoms with Gasteiger partial charge in [-0.25, -0.2) is 9.59 Å². The Bertz CT molecular complexity index is 1220. The number of Topliss-reactive ketones (excluding diaryl/α,β-unsaturated/α-hetero) is 1. The first-order chi connectivity index (χ1) is 20.4. The van der Waals surface area contributed by atoms with E-state index in [1.807, 2.05) is 13.8 Å². The molecule has 0 bridgehead atoms. The number of primary amides is 1. The highest BCUT2D eigenvalue weighted by atomic mass is 16.5. The van der Waals surface area contributed by atoms with E-state index in [-0.39, 0.29) is 29.3 Å². The van der Waals surface area contributed by atoms with E-state index in [9.17, 15) is 28.8 Å². The number of nitrogens with two attached hydrogens (primary N) is 1. The van der Waals surface area contributed by atoms with E-state index in [2.05, 4.69) is 22.5 Å². The van der Waals surface area contributed by atoms with Crippen molar-refractivity contribution in [1.82, 2.24) is 20.9 Å². The molecule has 6 atom stereocenters. The number of urea groups is 1. The lowest BCUT2D eigenvalue weighted by Crippen LogP contribution is -2.62. The van der Waals surface area contributed by atoms with Crippen molar-refractivity contribution < 1.29 is 33.5 Å². The van der Waals surface area contributed by atoms with Crippen LogP contribution in [0.25, 0.3) is 0 Å². The molecule has 12 nitrogen and oxygen atoms in total. The maximum Gasteiger partial charge on any atom is 0.333 e. The first kappa shape index (κ1) is 33.5. The van der Waals surface area contributed by atoms with Crippen molar-refractivity contribution in [1.29, 1.82) is 0 Å². The number of nitrogens with zero attached hydrogens (tertiary/aromatic N) is 1. The zero-order valence-corrected chi connectivity index (χ0v) is 26.9. The third-order valence-corrected chi connectivity index (χ3v) is 10.2. The second-order valence-electron chi connectivity index (χ2n) is 14.9. The van der Waals surface area contributed by atoms with Crippen LogP contribution in [0.5, 0.6) is 0 Å². The molecule has 4 rings (SSSR count). The van der Waals surface area contributed by atoms with Gasteiger partial charge in [-0.1, -0.05) is 60.5 Å². The summed E-state index contributed by atoms with van der Waals surface area (Å²) in [5, 5.41) is 8.12. The van der Waals surface area contributed by atoms with Crippen molar-refractivity contribution in [3.63, 3.8) is 0 Å². The molecule has 12 heteroatoms. The normalized spacial score (nSPS) is 26.0. The molecule has 3 aliphatic carbocycles. The molecule has 0 aromatic carbocycles. The molecule has 0 aromatic rings. The van der Waals surface area contributed by atoms with Gasteiger partial charge in [-0.2, -0.15) is 0 Å². The number of amides is 5. The number of hydrogen-bond acceptors (Lipinski definition) is 7. The van der Waals surface area contributed by atoms with E-state index >= 15 is 0 Å². The van der Waals surface area contributed by atoms with Gasteiger partial charge in [-0.3, -0.25) is 19.2 Å². The van der Waals surface area contributed by atoms with Crippen molar-refractivity contribution in [2.24, 2.45) is 34.3 Å². The Morgan fingerprint density at radius 1 is 1.00 bits per heavy atom. The van der Waals surface area contributed by atoms with Crippen molar-refractivity contribution in [3.8, 4) is 0 Å². The maximum atomic E-state index is 14.2. The molecular weight excluding hydrogens is 566 g/mol. The first-order valence-corrected chi connectivity index (χ1v) is 15.8. The molecule has 4 fully saturated rings. The molecular formula is C32H49N5O7. The molecule has 3 saturated carbocycles. The molecule has 4 aliphatic rings. The largest absolute Gasteiger partial charge is 0.461 e. The van der Waals surface area contributed by atoms with Gasteiger partial charge in [0.15, 0.2) is 0 Å². The van der Waals surface area contributed by atoms with Gasteiger partial charge in [0, 0.05) is 6.54 Å². The zero-order chi connectivity index (χ0) is 32.7. The number of carbonyl (C=O) groups excluding carboxylic acids is 6. The Kier molecular flexibility index (Phi) is 9.51. The van der Waals surface area contributed by atoms with Gasteiger partial charge in [0.2, 0.25) is 17.6 Å². The molecule has 0 radical (unpaired) electrons. The van der Waals surface area contributed by atoms with Crippen LogP contribution in [0, 0.1) is 28.6 Å². The van der Waals surface area contributed by atoms with Crippen LogP contribution in [0.3, 0.4) is 0 Å². The minimum absolute atomic E-state index is 0.0580. The number of rotatable bonds is 12. The average Bonchev–Trinajstić information content (AvgIpc) is 3.20. The Hall–Kier alpha value is -3.44. The van der Waals surface area contributed by atoms with Gasteiger partial charge in [-0.15, -0.1) is 0 Å². The quantitative estimate of drug-likeness (QED) is 0.147. The van der Waals surface area contributed by atoms with Crippen LogP contribution in [-0.2, 0) is 28.7 Å². The van der Waals surface area contributed by atoms with Crippen LogP contribution in [0.15, 0.2) is 12.2 Å². The van der Waals surface area contributed by atoms with E-state index in [1.54, 1.807) is 27.7 Å². The highest BCUT2D eigenvalue weighted by molar-refractivity contribution is 6.37. The van der Waals surface area contributed by atoms with Crippen molar-refractivity contribution in [3.05, 3.63) is 12.2 Å². The van der Waals surface area contributed by atoms with Gasteiger partial charge in [0.25, 0.3) is 5.91 Å². The highest BCUT2D eigenvalue weighted by Crippen LogP contribution is 2.65. The number of nitrogens with one attached hydrogen (secondary N) is 3. The second kappa shape index (κ2) is 12.5. The molecule has 5 N–H and O–H groups in total. The topological polar surface area (TPSA) is 177 Å². The molecule has 1 saturated heterocycles. The van der Waals surface area contributed by atoms with Gasteiger partial charge >= 0.3 is 12.0 Å². The second-order valence-corrected chi connectivity index (χ2v) is 14.9. The molecule has 1 heterocycles. The third-order valence-electron chi connectivity index (χ3n) is 10.2. The number of likely N-dealkylation sites (tertiary alicyclic amines) is 1. The fourth-order valence-electron chi connectivity index (χ4n) is 6.76. The summed E-state index contributed by atoms with van der Waals surface area (Å²) in [6, 6.07) is -4.81. The third kappa shape index (κ3) is 6.94. The first-order valence-electron chi connectivity index (χ1n) is 15.8. The SMILES string of the molecule is C=C(C)[C@H](NC(=O)N[C@H](C(=O)N1C[C@H]2[C@@H]([C@H]1C(=O)NC(CC1CCC1)C(=O)C(N)=O)C2(C)C)C(C)(C)C)C(=O)OC1CCC1. The smallest absolute Gasteiger partial charge is 0.333 e. The Balaban J connectivity index is 1.50. The van der Waals surface area contributed by atoms with Crippen LogP contribution in [0.4, 0.5) is 4.79 Å². The van der Waals surface area contributed by atoms with Crippen molar-refractivity contribution in [2.45, 2.75) is 117 Å². The van der Waals surface area contributed by atoms with Gasteiger partial charge in [0.05, 0.1) is 6.04 Å². The Labute approximate surface area is 259 Å². The predicted octanol–water partition coefficient (Wildman–Crippen LogP) is 1.95. The number of esters is 1. The average molecular weight is 616 g/mol. The minimum Gasteiger partial charge on any atom is -0.461 e. The van der Waals surface area contributed by atoms with Gasteiger partial charge < -0.3 is 31.3 Å². The van der Waals surface area contributed by atoms with Crippen LogP contribution in [0.2, 0.25) is 0 Å². The fourth-order valence-corrected chi connectivity index (χ4v) is 6.76. The number of piperidine rings is 1. The van der Waals surface area contributed by atoms with Crippen LogP contribution < -0.4 is 21.7 Å². The summed E-state index contributed by atoms with van der Waals surface area (Å²) in [6.07, 6.45) is 5.56. The Morgan fingerprint density at radius 2 is 1.61 bits per heavy atom. The lowest BCUT2D eigenvalue weighted by atomic mass is 9.80. The number of hydrogen-bond donors (Lipinski definition) is 4. The molecule has 0 spiro atoms. The summed E-state index contributed by atoms with van der Waals surface area (Å²) in [6.45, 7) is 15.2. The Morgan fingerprint density at radius 3 is 2.09 bits per heavy atom. The monoisotopic (exact) mass is 615 g/mol. The van der Waals surface area contributed by atoms with Gasteiger partial charge in [-0.05, 0) is 66.8 Å². The fraction of sp³-hybridized carbons (Fsp3) is 0.750. The van der Waals surface area contributed by atoms with Crippen LogP contribution >= 0.6 is 0 Å². The van der Waals surface area contributed by atoms with Crippen molar-refractivity contribution >= 4 is 35.5 Å². The number of carbonyl (C=O) groups is 6. The standard InChI is InChI=1S/C32H49N5O7/c1-16(2)22(29(42)44-18-12-9-13-18)35-30(43)36-25(31(3,4)5)28(41)37-15-19-21(32(19,6)7)23(37)27(40)34-20(24(38)26(33)39)14-17-10-8-11-17/h17-23,25H,1,8-15H2,2-7H3,(H2,33,39)(H,34,40)(H2,35,36,43)/t19-,20?,21-,22-,23-,25+/m0/s1. The van der Waals surface area contributed by atoms with Gasteiger partial charge in [0.1, 0.15) is 24.2 Å². The summed E-state index contributed by atoms with van der Waals surface area (Å²) in [4.78, 5) is 79.9. The molecule has 1 aliphatic heterocycles. The van der Waals surface area contributed by atoms with E-state index in [4.69, 9.17) is 10.5 Å². The van der Waals surface area contributed by atoms with E-state index in [0.29, 0.717) is 18.5 Å². The number of ketones is 1. The van der Waals surface area contributed by atoms with Crippen LogP contribution in [-0.4, -0.2) is 77.2 Å². The summed E-state index contributed by atoms with van der Waals surface area (Å²) in [5.74, 6) is -3.38. The maximum absolute atomic E-state index is 14.2. The van der Waals surface area contributed by atoms with E-state index in [0.717, 1.165) is 38.5 Å². The van der Waals surface area contributed by atoms with E-state index < -0.39 is 65.1 Å². The van der Waals surface area contributed by atoms with E-state index in [1.165, 1.54) is 4.90 Å². The molecule has 1 unspecified atom stereocenters. The van der Waals surface area contributed by atoms with Crippen LogP contribution in [0.1, 0.15) is 86.5 Å². The summed E-state index contributed by atoms with van der Waals surface area (Å²) >= 11 is 0. The summed E-state index contributed by atoms with van der Waals surface area (Å²) in [7, 11) is 0. The van der Waals surface area contributed by atoms with Crippen molar-refractivity contribution in [2.75, 3.05) is 6.54 Å². The molecule has 0 aromatic heterocycles. The molecule has 5 amide bonds. The summed E-state index contributed by atoms with van der Waals surface area (Å²) < 4.78 is 5.47. The molecule has 244 valence electrons.